The quantitative estimate of drug-likeness (QED) is 0.594. The number of ether oxygens (including phenoxy) is 2. The first-order valence-corrected chi connectivity index (χ1v) is 10.1. The van der Waals surface area contributed by atoms with E-state index >= 15 is 0 Å². The van der Waals surface area contributed by atoms with Crippen molar-refractivity contribution in [1.82, 2.24) is 5.32 Å². The summed E-state index contributed by atoms with van der Waals surface area (Å²) >= 11 is 0. The number of nitrogens with one attached hydrogen (secondary N) is 1. The molecule has 3 atom stereocenters. The van der Waals surface area contributed by atoms with Crippen molar-refractivity contribution in [2.24, 2.45) is 5.92 Å². The average molecular weight is 398 g/mol. The van der Waals surface area contributed by atoms with Gasteiger partial charge in [-0.1, -0.05) is 62.7 Å². The van der Waals surface area contributed by atoms with Crippen LogP contribution in [0.15, 0.2) is 54.6 Å². The van der Waals surface area contributed by atoms with E-state index in [2.05, 4.69) is 19.2 Å². The number of benzene rings is 2. The Labute approximate surface area is 173 Å². The van der Waals surface area contributed by atoms with E-state index in [4.69, 9.17) is 9.47 Å². The molecule has 2 aromatic rings. The third-order valence-corrected chi connectivity index (χ3v) is 4.95. The second-order valence-corrected chi connectivity index (χ2v) is 7.37. The summed E-state index contributed by atoms with van der Waals surface area (Å²) in [5, 5.41) is 2.81. The maximum absolute atomic E-state index is 12.7. The molecule has 0 aromatic heterocycles. The second kappa shape index (κ2) is 11.2. The van der Waals surface area contributed by atoms with E-state index in [1.807, 2.05) is 49.4 Å². The first-order chi connectivity index (χ1) is 14.0. The average Bonchev–Trinajstić information content (AvgIpc) is 2.76. The van der Waals surface area contributed by atoms with Gasteiger partial charge in [0, 0.05) is 0 Å². The number of esters is 1. The van der Waals surface area contributed by atoms with Gasteiger partial charge in [0.25, 0.3) is 0 Å². The highest BCUT2D eigenvalue weighted by atomic mass is 16.5. The van der Waals surface area contributed by atoms with Gasteiger partial charge in [0.15, 0.2) is 6.04 Å². The van der Waals surface area contributed by atoms with E-state index in [1.165, 1.54) is 7.11 Å². The van der Waals surface area contributed by atoms with Crippen molar-refractivity contribution in [3.05, 3.63) is 65.7 Å². The number of methoxy groups -OCH3 is 1. The lowest BCUT2D eigenvalue weighted by Gasteiger charge is -2.20. The lowest BCUT2D eigenvalue weighted by Crippen LogP contribution is -2.36. The summed E-state index contributed by atoms with van der Waals surface area (Å²) in [6, 6.07) is 15.8. The molecule has 0 fully saturated rings. The molecule has 0 bridgehead atoms. The van der Waals surface area contributed by atoms with Crippen LogP contribution in [0.4, 0.5) is 0 Å². The number of carbonyl (C=O) groups excluding carboxylic acids is 2. The highest BCUT2D eigenvalue weighted by Crippen LogP contribution is 2.22. The first kappa shape index (κ1) is 22.5. The minimum atomic E-state index is -0.869. The number of hydrogen-bond donors (Lipinski definition) is 1. The predicted octanol–water partition coefficient (Wildman–Crippen LogP) is 4.64. The van der Waals surface area contributed by atoms with Crippen LogP contribution in [-0.4, -0.2) is 25.6 Å². The zero-order valence-electron chi connectivity index (χ0n) is 17.7. The van der Waals surface area contributed by atoms with E-state index in [0.717, 1.165) is 24.2 Å². The zero-order chi connectivity index (χ0) is 21.2. The van der Waals surface area contributed by atoms with Gasteiger partial charge in [-0.15, -0.1) is 0 Å². The van der Waals surface area contributed by atoms with E-state index in [9.17, 15) is 9.59 Å². The van der Waals surface area contributed by atoms with E-state index in [-0.39, 0.29) is 11.8 Å². The van der Waals surface area contributed by atoms with Crippen LogP contribution in [0.25, 0.3) is 0 Å². The van der Waals surface area contributed by atoms with Crippen LogP contribution in [0.2, 0.25) is 0 Å². The SMILES string of the molecule is CCCC(C)COc1ccc([C@@H](NC(=O)[C@H](C)c2ccccc2)C(=O)OC)cc1. The van der Waals surface area contributed by atoms with Gasteiger partial charge in [0.05, 0.1) is 19.6 Å². The summed E-state index contributed by atoms with van der Waals surface area (Å²) in [6.45, 7) is 6.78. The smallest absolute Gasteiger partial charge is 0.333 e. The molecule has 0 spiro atoms. The molecule has 0 saturated heterocycles. The Morgan fingerprint density at radius 2 is 1.62 bits per heavy atom. The van der Waals surface area contributed by atoms with Crippen LogP contribution >= 0.6 is 0 Å². The molecule has 0 aliphatic rings. The molecule has 5 heteroatoms. The van der Waals surface area contributed by atoms with Crippen LogP contribution in [0.3, 0.4) is 0 Å². The summed E-state index contributed by atoms with van der Waals surface area (Å²) in [4.78, 5) is 25.0. The molecule has 5 nitrogen and oxygen atoms in total. The predicted molar refractivity (Wildman–Crippen MR) is 114 cm³/mol. The number of hydrogen-bond acceptors (Lipinski definition) is 4. The third kappa shape index (κ3) is 6.63. The van der Waals surface area contributed by atoms with Gasteiger partial charge in [-0.3, -0.25) is 4.79 Å². The lowest BCUT2D eigenvalue weighted by atomic mass is 9.99. The van der Waals surface area contributed by atoms with Crippen LogP contribution in [-0.2, 0) is 14.3 Å². The Kier molecular flexibility index (Phi) is 8.71. The molecule has 1 N–H and O–H groups in total. The van der Waals surface area contributed by atoms with Crippen LogP contribution in [0, 0.1) is 5.92 Å². The molecule has 1 amide bonds. The molecular formula is C24H31NO4. The third-order valence-electron chi connectivity index (χ3n) is 4.95. The molecule has 0 radical (unpaired) electrons. The van der Waals surface area contributed by atoms with Gasteiger partial charge in [0.1, 0.15) is 5.75 Å². The summed E-state index contributed by atoms with van der Waals surface area (Å²) in [5.74, 6) is 0.0979. The van der Waals surface area contributed by atoms with Crippen LogP contribution < -0.4 is 10.1 Å². The number of rotatable bonds is 10. The van der Waals surface area contributed by atoms with Crippen molar-refractivity contribution >= 4 is 11.9 Å². The van der Waals surface area contributed by atoms with Crippen LogP contribution in [0.5, 0.6) is 5.75 Å². The zero-order valence-corrected chi connectivity index (χ0v) is 17.7. The normalized spacial score (nSPS) is 13.8. The molecular weight excluding hydrogens is 366 g/mol. The van der Waals surface area contributed by atoms with Crippen molar-refractivity contribution in [2.45, 2.75) is 45.6 Å². The Balaban J connectivity index is 2.07. The largest absolute Gasteiger partial charge is 0.493 e. The van der Waals surface area contributed by atoms with Gasteiger partial charge in [-0.05, 0) is 42.5 Å². The van der Waals surface area contributed by atoms with Crippen molar-refractivity contribution in [3.8, 4) is 5.75 Å². The molecule has 2 rings (SSSR count). The van der Waals surface area contributed by atoms with E-state index in [0.29, 0.717) is 18.1 Å². The standard InChI is InChI=1S/C24H31NO4/c1-5-9-17(2)16-29-21-14-12-20(13-15-21)22(24(27)28-4)25-23(26)18(3)19-10-7-6-8-11-19/h6-8,10-15,17-18,22H,5,9,16H2,1-4H3,(H,25,26)/t17?,18-,22-/m1/s1. The molecule has 1 unspecified atom stereocenters. The highest BCUT2D eigenvalue weighted by Gasteiger charge is 2.26. The van der Waals surface area contributed by atoms with Gasteiger partial charge < -0.3 is 14.8 Å². The van der Waals surface area contributed by atoms with Crippen LogP contribution in [0.1, 0.15) is 56.7 Å². The molecule has 0 aliphatic carbocycles. The van der Waals surface area contributed by atoms with Crippen molar-refractivity contribution in [2.75, 3.05) is 13.7 Å². The second-order valence-electron chi connectivity index (χ2n) is 7.37. The maximum atomic E-state index is 12.7. The fourth-order valence-corrected chi connectivity index (χ4v) is 3.13. The Bertz CT molecular complexity index is 773. The topological polar surface area (TPSA) is 64.6 Å². The van der Waals surface area contributed by atoms with Gasteiger partial charge in [0.2, 0.25) is 5.91 Å². The molecule has 0 aliphatic heterocycles. The Morgan fingerprint density at radius 3 is 2.21 bits per heavy atom. The Hall–Kier alpha value is -2.82. The molecule has 2 aromatic carbocycles. The van der Waals surface area contributed by atoms with E-state index in [1.54, 1.807) is 12.1 Å². The van der Waals surface area contributed by atoms with Crippen molar-refractivity contribution in [3.63, 3.8) is 0 Å². The maximum Gasteiger partial charge on any atom is 0.333 e. The summed E-state index contributed by atoms with van der Waals surface area (Å²) < 4.78 is 10.7. The lowest BCUT2D eigenvalue weighted by molar-refractivity contribution is -0.145. The first-order valence-electron chi connectivity index (χ1n) is 10.1. The van der Waals surface area contributed by atoms with Gasteiger partial charge in [-0.2, -0.15) is 0 Å². The summed E-state index contributed by atoms with van der Waals surface area (Å²) in [5.41, 5.74) is 1.54. The molecule has 0 heterocycles. The van der Waals surface area contributed by atoms with E-state index < -0.39 is 12.0 Å². The fourth-order valence-electron chi connectivity index (χ4n) is 3.13. The summed E-state index contributed by atoms with van der Waals surface area (Å²) in [7, 11) is 1.31. The molecule has 29 heavy (non-hydrogen) atoms. The highest BCUT2D eigenvalue weighted by molar-refractivity contribution is 5.89. The van der Waals surface area contributed by atoms with Gasteiger partial charge in [-0.25, -0.2) is 4.79 Å². The van der Waals surface area contributed by atoms with Crippen molar-refractivity contribution in [1.29, 1.82) is 0 Å². The molecule has 0 saturated carbocycles. The fraction of sp³-hybridized carbons (Fsp3) is 0.417. The number of amides is 1. The van der Waals surface area contributed by atoms with Gasteiger partial charge >= 0.3 is 5.97 Å². The van der Waals surface area contributed by atoms with Crippen molar-refractivity contribution < 1.29 is 19.1 Å². The number of carbonyl (C=O) groups is 2. The Morgan fingerprint density at radius 1 is 0.966 bits per heavy atom. The minimum absolute atomic E-state index is 0.236. The molecule has 156 valence electrons. The minimum Gasteiger partial charge on any atom is -0.493 e. The monoisotopic (exact) mass is 397 g/mol. The summed E-state index contributed by atoms with van der Waals surface area (Å²) in [6.07, 6.45) is 2.25.